The minimum absolute atomic E-state index is 0.243. The summed E-state index contributed by atoms with van der Waals surface area (Å²) in [5, 5.41) is 4.47. The van der Waals surface area contributed by atoms with Crippen molar-refractivity contribution in [3.05, 3.63) is 47.8 Å². The molecule has 1 amide bonds. The van der Waals surface area contributed by atoms with Crippen molar-refractivity contribution in [3.63, 3.8) is 0 Å². The largest absolute Gasteiger partial charge is 0.381 e. The average molecular weight is 311 g/mol. The van der Waals surface area contributed by atoms with E-state index in [4.69, 9.17) is 4.74 Å². The lowest BCUT2D eigenvalue weighted by atomic mass is 10.0. The summed E-state index contributed by atoms with van der Waals surface area (Å²) in [6, 6.07) is 10.1. The Bertz CT molecular complexity index is 690. The Morgan fingerprint density at radius 1 is 1.26 bits per heavy atom. The van der Waals surface area contributed by atoms with Gasteiger partial charge in [-0.2, -0.15) is 5.10 Å². The fraction of sp³-hybridized carbons (Fsp3) is 0.444. The van der Waals surface area contributed by atoms with Gasteiger partial charge < -0.3 is 9.64 Å². The zero-order valence-corrected chi connectivity index (χ0v) is 13.1. The van der Waals surface area contributed by atoms with Gasteiger partial charge in [-0.05, 0) is 30.9 Å². The maximum atomic E-state index is 12.5. The molecule has 5 heteroatoms. The molecule has 2 aliphatic heterocycles. The quantitative estimate of drug-likeness (QED) is 0.872. The van der Waals surface area contributed by atoms with Crippen molar-refractivity contribution in [1.29, 1.82) is 0 Å². The normalized spacial score (nSPS) is 20.0. The number of rotatable bonds is 4. The van der Waals surface area contributed by atoms with E-state index in [-0.39, 0.29) is 5.91 Å². The van der Waals surface area contributed by atoms with Gasteiger partial charge in [0.1, 0.15) is 0 Å². The lowest BCUT2D eigenvalue weighted by Gasteiger charge is -2.17. The average Bonchev–Trinajstić information content (AvgIpc) is 3.30. The smallest absolute Gasteiger partial charge is 0.223 e. The Hall–Kier alpha value is -2.14. The van der Waals surface area contributed by atoms with Crippen molar-refractivity contribution in [3.8, 4) is 5.69 Å². The monoisotopic (exact) mass is 311 g/mol. The van der Waals surface area contributed by atoms with E-state index in [1.54, 1.807) is 0 Å². The van der Waals surface area contributed by atoms with Crippen LogP contribution in [-0.2, 0) is 22.6 Å². The number of ether oxygens (including phenoxy) is 1. The predicted molar refractivity (Wildman–Crippen MR) is 86.0 cm³/mol. The highest BCUT2D eigenvalue weighted by Gasteiger charge is 2.28. The second-order valence-corrected chi connectivity index (χ2v) is 6.38. The molecule has 0 radical (unpaired) electrons. The first-order valence-corrected chi connectivity index (χ1v) is 8.28. The van der Waals surface area contributed by atoms with Crippen LogP contribution in [0.5, 0.6) is 0 Å². The van der Waals surface area contributed by atoms with Gasteiger partial charge in [-0.15, -0.1) is 0 Å². The minimum Gasteiger partial charge on any atom is -0.381 e. The highest BCUT2D eigenvalue weighted by atomic mass is 16.5. The number of fused-ring (bicyclic) bond motifs is 1. The summed E-state index contributed by atoms with van der Waals surface area (Å²) in [4.78, 5) is 14.4. The lowest BCUT2D eigenvalue weighted by molar-refractivity contribution is -0.132. The molecule has 1 aromatic carbocycles. The fourth-order valence-electron chi connectivity index (χ4n) is 3.42. The molecule has 120 valence electrons. The Balaban J connectivity index is 1.42. The second kappa shape index (κ2) is 6.16. The summed E-state index contributed by atoms with van der Waals surface area (Å²) in [7, 11) is 0. The SMILES string of the molecule is O=C(CCC1CCOC1)N1Cc2cnn(-c3ccccc3)c2C1. The number of para-hydroxylation sites is 1. The third kappa shape index (κ3) is 2.88. The molecule has 1 aromatic heterocycles. The highest BCUT2D eigenvalue weighted by Crippen LogP contribution is 2.26. The number of carbonyl (C=O) groups is 1. The van der Waals surface area contributed by atoms with Crippen molar-refractivity contribution in [2.45, 2.75) is 32.4 Å². The van der Waals surface area contributed by atoms with Crippen LogP contribution in [0, 0.1) is 5.92 Å². The molecule has 0 N–H and O–H groups in total. The summed E-state index contributed by atoms with van der Waals surface area (Å²) in [5.74, 6) is 0.802. The first-order chi connectivity index (χ1) is 11.3. The lowest BCUT2D eigenvalue weighted by Crippen LogP contribution is -2.26. The first-order valence-electron chi connectivity index (χ1n) is 8.28. The van der Waals surface area contributed by atoms with Gasteiger partial charge in [0.25, 0.3) is 0 Å². The van der Waals surface area contributed by atoms with E-state index < -0.39 is 0 Å². The molecule has 1 saturated heterocycles. The van der Waals surface area contributed by atoms with Gasteiger partial charge in [0.05, 0.1) is 24.1 Å². The van der Waals surface area contributed by atoms with Gasteiger partial charge in [0.15, 0.2) is 0 Å². The number of aromatic nitrogens is 2. The van der Waals surface area contributed by atoms with E-state index in [0.717, 1.165) is 43.0 Å². The Morgan fingerprint density at radius 2 is 2.13 bits per heavy atom. The van der Waals surface area contributed by atoms with Crippen LogP contribution in [0.4, 0.5) is 0 Å². The summed E-state index contributed by atoms with van der Waals surface area (Å²) < 4.78 is 7.33. The fourth-order valence-corrected chi connectivity index (χ4v) is 3.42. The number of carbonyl (C=O) groups excluding carboxylic acids is 1. The van der Waals surface area contributed by atoms with E-state index in [9.17, 15) is 4.79 Å². The third-order valence-electron chi connectivity index (χ3n) is 4.80. The van der Waals surface area contributed by atoms with Crippen LogP contribution >= 0.6 is 0 Å². The molecule has 1 fully saturated rings. The van der Waals surface area contributed by atoms with Crippen LogP contribution in [0.1, 0.15) is 30.5 Å². The van der Waals surface area contributed by atoms with E-state index in [1.807, 2.05) is 46.1 Å². The minimum atomic E-state index is 0.243. The van der Waals surface area contributed by atoms with Gasteiger partial charge >= 0.3 is 0 Å². The highest BCUT2D eigenvalue weighted by molar-refractivity contribution is 5.76. The molecular formula is C18H21N3O2. The number of amides is 1. The molecule has 1 atom stereocenters. The van der Waals surface area contributed by atoms with Crippen LogP contribution in [0.15, 0.2) is 36.5 Å². The molecule has 5 nitrogen and oxygen atoms in total. The van der Waals surface area contributed by atoms with Crippen molar-refractivity contribution in [2.24, 2.45) is 5.92 Å². The molecule has 0 saturated carbocycles. The van der Waals surface area contributed by atoms with Crippen LogP contribution < -0.4 is 0 Å². The molecule has 0 spiro atoms. The van der Waals surface area contributed by atoms with Gasteiger partial charge in [0, 0.05) is 31.7 Å². The molecule has 3 heterocycles. The topological polar surface area (TPSA) is 47.4 Å². The number of nitrogens with zero attached hydrogens (tertiary/aromatic N) is 3. The maximum absolute atomic E-state index is 12.5. The van der Waals surface area contributed by atoms with E-state index >= 15 is 0 Å². The van der Waals surface area contributed by atoms with E-state index in [0.29, 0.717) is 25.4 Å². The maximum Gasteiger partial charge on any atom is 0.223 e. The third-order valence-corrected chi connectivity index (χ3v) is 4.80. The first kappa shape index (κ1) is 14.5. The summed E-state index contributed by atoms with van der Waals surface area (Å²) in [6.07, 6.45) is 4.55. The van der Waals surface area contributed by atoms with Crippen LogP contribution in [-0.4, -0.2) is 33.8 Å². The Labute approximate surface area is 135 Å². The molecule has 0 aliphatic carbocycles. The van der Waals surface area contributed by atoms with Gasteiger partial charge in [0.2, 0.25) is 5.91 Å². The predicted octanol–water partition coefficient (Wildman–Crippen LogP) is 2.53. The molecule has 2 aliphatic rings. The zero-order chi connectivity index (χ0) is 15.6. The van der Waals surface area contributed by atoms with Crippen LogP contribution in [0.3, 0.4) is 0 Å². The molecule has 0 bridgehead atoms. The zero-order valence-electron chi connectivity index (χ0n) is 13.1. The van der Waals surface area contributed by atoms with Crippen molar-refractivity contribution < 1.29 is 9.53 Å². The number of hydrogen-bond acceptors (Lipinski definition) is 3. The van der Waals surface area contributed by atoms with E-state index in [1.165, 1.54) is 0 Å². The standard InChI is InChI=1S/C18H21N3O2/c22-18(7-6-14-8-9-23-13-14)20-11-15-10-19-21(17(15)12-20)16-4-2-1-3-5-16/h1-5,10,14H,6-9,11-13H2. The van der Waals surface area contributed by atoms with E-state index in [2.05, 4.69) is 5.10 Å². The molecule has 1 unspecified atom stereocenters. The van der Waals surface area contributed by atoms with Crippen molar-refractivity contribution in [2.75, 3.05) is 13.2 Å². The number of hydrogen-bond donors (Lipinski definition) is 0. The summed E-state index contributed by atoms with van der Waals surface area (Å²) >= 11 is 0. The molecule has 4 rings (SSSR count). The van der Waals surface area contributed by atoms with Crippen molar-refractivity contribution in [1.82, 2.24) is 14.7 Å². The van der Waals surface area contributed by atoms with Crippen LogP contribution in [0.25, 0.3) is 5.69 Å². The van der Waals surface area contributed by atoms with Crippen LogP contribution in [0.2, 0.25) is 0 Å². The molecule has 2 aromatic rings. The van der Waals surface area contributed by atoms with Crippen molar-refractivity contribution >= 4 is 5.91 Å². The second-order valence-electron chi connectivity index (χ2n) is 6.38. The Kier molecular flexibility index (Phi) is 3.87. The summed E-state index contributed by atoms with van der Waals surface area (Å²) in [6.45, 7) is 3.00. The summed E-state index contributed by atoms with van der Waals surface area (Å²) in [5.41, 5.74) is 3.34. The van der Waals surface area contributed by atoms with Gasteiger partial charge in [-0.3, -0.25) is 4.79 Å². The van der Waals surface area contributed by atoms with Gasteiger partial charge in [-0.25, -0.2) is 4.68 Å². The number of benzene rings is 1. The Morgan fingerprint density at radius 3 is 2.91 bits per heavy atom. The molecule has 23 heavy (non-hydrogen) atoms. The molecular weight excluding hydrogens is 290 g/mol. The van der Waals surface area contributed by atoms with Gasteiger partial charge in [-0.1, -0.05) is 18.2 Å².